The summed E-state index contributed by atoms with van der Waals surface area (Å²) in [5.41, 5.74) is 8.82. The highest BCUT2D eigenvalue weighted by atomic mass is 35.5. The molecule has 6 heteroatoms. The third-order valence-electron chi connectivity index (χ3n) is 4.27. The molecule has 0 aromatic heterocycles. The Morgan fingerprint density at radius 1 is 1.19 bits per heavy atom. The maximum atomic E-state index is 13.6. The number of ether oxygens (including phenoxy) is 2. The smallest absolute Gasteiger partial charge is 0.308 e. The molecule has 0 fully saturated rings. The highest BCUT2D eigenvalue weighted by Crippen LogP contribution is 2.30. The van der Waals surface area contributed by atoms with E-state index in [4.69, 9.17) is 15.2 Å². The molecule has 4 nitrogen and oxygen atoms in total. The molecule has 2 N–H and O–H groups in total. The molecular formula is C21H27ClFNO3. The molecule has 2 atom stereocenters. The van der Waals surface area contributed by atoms with Gasteiger partial charge in [0.05, 0.1) is 19.6 Å². The van der Waals surface area contributed by atoms with Crippen molar-refractivity contribution in [2.24, 2.45) is 11.7 Å². The molecule has 27 heavy (non-hydrogen) atoms. The maximum Gasteiger partial charge on any atom is 0.308 e. The zero-order valence-corrected chi connectivity index (χ0v) is 16.7. The molecule has 1 unspecified atom stereocenters. The van der Waals surface area contributed by atoms with E-state index in [1.165, 1.54) is 12.1 Å². The first kappa shape index (κ1) is 22.9. The number of methoxy groups -OCH3 is 1. The van der Waals surface area contributed by atoms with E-state index in [-0.39, 0.29) is 36.2 Å². The highest BCUT2D eigenvalue weighted by molar-refractivity contribution is 5.85. The lowest BCUT2D eigenvalue weighted by Gasteiger charge is -2.16. The number of carbonyl (C=O) groups is 1. The van der Waals surface area contributed by atoms with Crippen LogP contribution in [-0.2, 0) is 16.0 Å². The minimum atomic E-state index is -0.306. The van der Waals surface area contributed by atoms with Gasteiger partial charge in [-0.1, -0.05) is 31.2 Å². The van der Waals surface area contributed by atoms with Crippen LogP contribution in [0.15, 0.2) is 42.5 Å². The van der Waals surface area contributed by atoms with Crippen LogP contribution in [0.1, 0.15) is 25.8 Å². The molecule has 2 aromatic rings. The molecule has 148 valence electrons. The Hall–Kier alpha value is -2.11. The predicted octanol–water partition coefficient (Wildman–Crippen LogP) is 4.38. The average Bonchev–Trinajstić information content (AvgIpc) is 2.62. The summed E-state index contributed by atoms with van der Waals surface area (Å²) in [6.45, 7) is 4.00. The van der Waals surface area contributed by atoms with E-state index in [0.29, 0.717) is 30.8 Å². The first-order valence-corrected chi connectivity index (χ1v) is 8.79. The molecule has 0 radical (unpaired) electrons. The molecule has 0 heterocycles. The molecule has 0 spiro atoms. The maximum absolute atomic E-state index is 13.6. The first-order chi connectivity index (χ1) is 12.4. The van der Waals surface area contributed by atoms with Gasteiger partial charge in [-0.25, -0.2) is 4.39 Å². The lowest BCUT2D eigenvalue weighted by molar-refractivity contribution is -0.147. The van der Waals surface area contributed by atoms with Crippen molar-refractivity contribution in [2.45, 2.75) is 32.7 Å². The van der Waals surface area contributed by atoms with E-state index >= 15 is 0 Å². The second kappa shape index (κ2) is 10.9. The average molecular weight is 396 g/mol. The quantitative estimate of drug-likeness (QED) is 0.673. The number of esters is 1. The summed E-state index contributed by atoms with van der Waals surface area (Å²) in [6, 6.07) is 12.1. The second-order valence-electron chi connectivity index (χ2n) is 6.39. The standard InChI is InChI=1S/C21H26FNO3.ClH/c1-4-26-21(24)14(2)11-18(23)12-15-5-7-16(8-6-15)19-13-17(22)9-10-20(19)25-3;/h5-10,13-14,18H,4,11-12,23H2,1-3H3;1H/t14?,18-;/m0./s1. The van der Waals surface area contributed by atoms with E-state index in [2.05, 4.69) is 0 Å². The van der Waals surface area contributed by atoms with Gasteiger partial charge in [0, 0.05) is 11.6 Å². The molecule has 0 aliphatic carbocycles. The topological polar surface area (TPSA) is 61.5 Å². The van der Waals surface area contributed by atoms with Crippen LogP contribution in [0.3, 0.4) is 0 Å². The molecule has 0 aliphatic heterocycles. The highest BCUT2D eigenvalue weighted by Gasteiger charge is 2.18. The van der Waals surface area contributed by atoms with E-state index in [1.54, 1.807) is 20.1 Å². The summed E-state index contributed by atoms with van der Waals surface area (Å²) in [4.78, 5) is 11.7. The zero-order valence-electron chi connectivity index (χ0n) is 15.9. The normalized spacial score (nSPS) is 12.6. The fourth-order valence-electron chi connectivity index (χ4n) is 2.95. The number of halogens is 2. The van der Waals surface area contributed by atoms with Crippen LogP contribution in [0, 0.1) is 11.7 Å². The minimum absolute atomic E-state index is 0. The molecular weight excluding hydrogens is 369 g/mol. The summed E-state index contributed by atoms with van der Waals surface area (Å²) >= 11 is 0. The summed E-state index contributed by atoms with van der Waals surface area (Å²) in [5, 5.41) is 0. The first-order valence-electron chi connectivity index (χ1n) is 8.79. The van der Waals surface area contributed by atoms with Crippen LogP contribution in [0.2, 0.25) is 0 Å². The van der Waals surface area contributed by atoms with Crippen molar-refractivity contribution in [3.63, 3.8) is 0 Å². The van der Waals surface area contributed by atoms with Crippen molar-refractivity contribution in [2.75, 3.05) is 13.7 Å². The molecule has 2 rings (SSSR count). The fraction of sp³-hybridized carbons (Fsp3) is 0.381. The van der Waals surface area contributed by atoms with E-state index in [1.807, 2.05) is 31.2 Å². The fourth-order valence-corrected chi connectivity index (χ4v) is 2.95. The van der Waals surface area contributed by atoms with Gasteiger partial charge in [0.25, 0.3) is 0 Å². The van der Waals surface area contributed by atoms with Gasteiger partial charge in [-0.3, -0.25) is 4.79 Å². The molecule has 0 amide bonds. The molecule has 0 saturated carbocycles. The van der Waals surface area contributed by atoms with E-state index in [0.717, 1.165) is 11.1 Å². The molecule has 2 aromatic carbocycles. The zero-order chi connectivity index (χ0) is 19.1. The van der Waals surface area contributed by atoms with Crippen molar-refractivity contribution in [1.29, 1.82) is 0 Å². The van der Waals surface area contributed by atoms with Crippen LogP contribution in [0.25, 0.3) is 11.1 Å². The van der Waals surface area contributed by atoms with Crippen LogP contribution >= 0.6 is 12.4 Å². The number of hydrogen-bond acceptors (Lipinski definition) is 4. The number of rotatable bonds is 8. The van der Waals surface area contributed by atoms with Crippen molar-refractivity contribution in [1.82, 2.24) is 0 Å². The number of carbonyl (C=O) groups excluding carboxylic acids is 1. The second-order valence-corrected chi connectivity index (χ2v) is 6.39. The van der Waals surface area contributed by atoms with Gasteiger partial charge in [0.15, 0.2) is 0 Å². The van der Waals surface area contributed by atoms with Crippen LogP contribution < -0.4 is 10.5 Å². The number of nitrogens with two attached hydrogens (primary N) is 1. The van der Waals surface area contributed by atoms with Gasteiger partial charge in [-0.05, 0) is 49.1 Å². The van der Waals surface area contributed by atoms with Crippen molar-refractivity contribution >= 4 is 18.4 Å². The van der Waals surface area contributed by atoms with Crippen molar-refractivity contribution in [3.05, 3.63) is 53.8 Å². The Morgan fingerprint density at radius 3 is 2.44 bits per heavy atom. The predicted molar refractivity (Wildman–Crippen MR) is 108 cm³/mol. The summed E-state index contributed by atoms with van der Waals surface area (Å²) in [5.74, 6) is -0.115. The Balaban J connectivity index is 0.00000364. The molecule has 0 aliphatic rings. The van der Waals surface area contributed by atoms with Crippen molar-refractivity contribution < 1.29 is 18.7 Å². The van der Waals surface area contributed by atoms with Crippen molar-refractivity contribution in [3.8, 4) is 16.9 Å². The van der Waals surface area contributed by atoms with Gasteiger partial charge in [-0.2, -0.15) is 0 Å². The van der Waals surface area contributed by atoms with Gasteiger partial charge >= 0.3 is 5.97 Å². The van der Waals surface area contributed by atoms with Gasteiger partial charge in [0.1, 0.15) is 11.6 Å². The van der Waals surface area contributed by atoms with Crippen LogP contribution in [0.5, 0.6) is 5.75 Å². The summed E-state index contributed by atoms with van der Waals surface area (Å²) in [7, 11) is 1.56. The SMILES string of the molecule is CCOC(=O)C(C)C[C@H](N)Cc1ccc(-c2cc(F)ccc2OC)cc1.Cl. The third-order valence-corrected chi connectivity index (χ3v) is 4.27. The Bertz CT molecular complexity index is 737. The van der Waals surface area contributed by atoms with Gasteiger partial charge in [0.2, 0.25) is 0 Å². The largest absolute Gasteiger partial charge is 0.496 e. The van der Waals surface area contributed by atoms with Gasteiger partial charge < -0.3 is 15.2 Å². The van der Waals surface area contributed by atoms with E-state index < -0.39 is 0 Å². The Morgan fingerprint density at radius 2 is 1.85 bits per heavy atom. The molecule has 0 saturated heterocycles. The van der Waals surface area contributed by atoms with Crippen LogP contribution in [0.4, 0.5) is 4.39 Å². The third kappa shape index (κ3) is 6.52. The lowest BCUT2D eigenvalue weighted by atomic mass is 9.95. The Labute approximate surface area is 166 Å². The monoisotopic (exact) mass is 395 g/mol. The van der Waals surface area contributed by atoms with Gasteiger partial charge in [-0.15, -0.1) is 12.4 Å². The Kier molecular flexibility index (Phi) is 9.26. The summed E-state index contributed by atoms with van der Waals surface area (Å²) < 4.78 is 23.9. The minimum Gasteiger partial charge on any atom is -0.496 e. The molecule has 0 bridgehead atoms. The van der Waals surface area contributed by atoms with Crippen LogP contribution in [-0.4, -0.2) is 25.7 Å². The number of hydrogen-bond donors (Lipinski definition) is 1. The van der Waals surface area contributed by atoms with E-state index in [9.17, 15) is 9.18 Å². The lowest BCUT2D eigenvalue weighted by Crippen LogP contribution is -2.29. The number of benzene rings is 2. The summed E-state index contributed by atoms with van der Waals surface area (Å²) in [6.07, 6.45) is 1.22.